The second kappa shape index (κ2) is 7.23. The lowest BCUT2D eigenvalue weighted by atomic mass is 9.69. The van der Waals surface area contributed by atoms with Crippen LogP contribution in [0.4, 0.5) is 4.39 Å². The fraction of sp³-hybridized carbons (Fsp3) is 0.476. The quantitative estimate of drug-likeness (QED) is 0.718. The minimum Gasteiger partial charge on any atom is -0.497 e. The molecule has 2 aliphatic rings. The monoisotopic (exact) mass is 360 g/mol. The topological polar surface area (TPSA) is 44.8 Å². The number of hydrogen-bond acceptors (Lipinski definition) is 4. The zero-order valence-electron chi connectivity index (χ0n) is 15.5. The van der Waals surface area contributed by atoms with E-state index < -0.39 is 5.60 Å². The summed E-state index contributed by atoms with van der Waals surface area (Å²) >= 11 is 0. The first-order valence-electron chi connectivity index (χ1n) is 8.89. The Morgan fingerprint density at radius 2 is 2.23 bits per heavy atom. The van der Waals surface area contributed by atoms with Gasteiger partial charge >= 0.3 is 0 Å². The minimum absolute atomic E-state index is 0.0336. The Balaban J connectivity index is 1.89. The van der Waals surface area contributed by atoms with Gasteiger partial charge < -0.3 is 14.2 Å². The number of hydrogen-bond donors (Lipinski definition) is 0. The third-order valence-electron chi connectivity index (χ3n) is 5.70. The molecule has 140 valence electrons. The number of benzene rings is 1. The maximum absolute atomic E-state index is 14.4. The molecule has 3 rings (SSSR count). The molecule has 0 N–H and O–H groups in total. The molecule has 1 saturated heterocycles. The van der Waals surface area contributed by atoms with Gasteiger partial charge in [-0.25, -0.2) is 4.39 Å². The number of allylic oxidation sites excluding steroid dienone is 2. The zero-order valence-corrected chi connectivity index (χ0v) is 15.5. The second-order valence-corrected chi connectivity index (χ2v) is 7.17. The summed E-state index contributed by atoms with van der Waals surface area (Å²) in [6.45, 7) is 7.92. The molecular weight excluding hydrogens is 335 g/mol. The second-order valence-electron chi connectivity index (χ2n) is 7.17. The van der Waals surface area contributed by atoms with Gasteiger partial charge in [0.25, 0.3) is 0 Å². The SMILES string of the molecule is C=CC(C)[C@@H]1C[C@]2([C@@H](C)Cc3ccc(OC)cc3F)OCOC2=CC1=O. The van der Waals surface area contributed by atoms with Crippen molar-refractivity contribution in [1.82, 2.24) is 0 Å². The van der Waals surface area contributed by atoms with Crippen molar-refractivity contribution in [3.8, 4) is 5.75 Å². The molecule has 4 atom stereocenters. The third kappa shape index (κ3) is 3.16. The van der Waals surface area contributed by atoms with Gasteiger partial charge in [0.15, 0.2) is 12.6 Å². The number of carbonyl (C=O) groups is 1. The molecule has 1 heterocycles. The molecule has 26 heavy (non-hydrogen) atoms. The lowest BCUT2D eigenvalue weighted by molar-refractivity contribution is -0.124. The number of ketones is 1. The number of fused-ring (bicyclic) bond motifs is 1. The molecule has 1 fully saturated rings. The van der Waals surface area contributed by atoms with Crippen molar-refractivity contribution in [3.05, 3.63) is 54.1 Å². The summed E-state index contributed by atoms with van der Waals surface area (Å²) in [5, 5.41) is 0. The van der Waals surface area contributed by atoms with Crippen molar-refractivity contribution in [3.63, 3.8) is 0 Å². The van der Waals surface area contributed by atoms with Crippen molar-refractivity contribution in [2.45, 2.75) is 32.3 Å². The lowest BCUT2D eigenvalue weighted by Crippen LogP contribution is -2.46. The standard InChI is InChI=1S/C21H25FO4/c1-5-13(2)17-11-21(20(10-19(17)23)25-12-26-21)14(3)8-15-6-7-16(24-4)9-18(15)22/h5-7,9-10,13-14,17H,1,8,11-12H2,2-4H3/t13?,14-,17-,21+/m0/s1. The Kier molecular flexibility index (Phi) is 5.19. The van der Waals surface area contributed by atoms with Gasteiger partial charge in [-0.05, 0) is 36.3 Å². The van der Waals surface area contributed by atoms with E-state index in [1.54, 1.807) is 24.3 Å². The largest absolute Gasteiger partial charge is 0.497 e. The summed E-state index contributed by atoms with van der Waals surface area (Å²) in [6.07, 6.45) is 4.34. The Hall–Kier alpha value is -2.14. The van der Waals surface area contributed by atoms with E-state index >= 15 is 0 Å². The van der Waals surface area contributed by atoms with Crippen LogP contribution in [-0.4, -0.2) is 25.3 Å². The molecule has 0 spiro atoms. The van der Waals surface area contributed by atoms with E-state index in [1.807, 2.05) is 13.8 Å². The Morgan fingerprint density at radius 1 is 1.46 bits per heavy atom. The van der Waals surface area contributed by atoms with Crippen LogP contribution >= 0.6 is 0 Å². The van der Waals surface area contributed by atoms with Gasteiger partial charge in [-0.15, -0.1) is 6.58 Å². The van der Waals surface area contributed by atoms with Crippen molar-refractivity contribution < 1.29 is 23.4 Å². The van der Waals surface area contributed by atoms with E-state index in [9.17, 15) is 9.18 Å². The average Bonchev–Trinajstić information content (AvgIpc) is 3.05. The molecule has 1 aromatic carbocycles. The van der Waals surface area contributed by atoms with E-state index in [4.69, 9.17) is 14.2 Å². The molecule has 0 radical (unpaired) electrons. The van der Waals surface area contributed by atoms with E-state index in [0.717, 1.165) is 0 Å². The first kappa shape index (κ1) is 18.6. The van der Waals surface area contributed by atoms with Gasteiger partial charge in [-0.3, -0.25) is 4.79 Å². The van der Waals surface area contributed by atoms with Crippen LogP contribution in [0.1, 0.15) is 25.8 Å². The highest BCUT2D eigenvalue weighted by Crippen LogP contribution is 2.47. The van der Waals surface area contributed by atoms with Crippen molar-refractivity contribution in [2.75, 3.05) is 13.9 Å². The zero-order chi connectivity index (χ0) is 18.9. The Bertz CT molecular complexity index is 742. The summed E-state index contributed by atoms with van der Waals surface area (Å²) in [5.74, 6) is 0.549. The predicted octanol–water partition coefficient (Wildman–Crippen LogP) is 4.05. The molecular formula is C21H25FO4. The van der Waals surface area contributed by atoms with Crippen LogP contribution < -0.4 is 4.74 Å². The molecule has 0 amide bonds. The molecule has 0 aromatic heterocycles. The predicted molar refractivity (Wildman–Crippen MR) is 96.1 cm³/mol. The van der Waals surface area contributed by atoms with Crippen LogP contribution in [0, 0.1) is 23.6 Å². The van der Waals surface area contributed by atoms with Gasteiger partial charge in [0.05, 0.1) is 7.11 Å². The van der Waals surface area contributed by atoms with E-state index in [2.05, 4.69) is 6.58 Å². The Labute approximate surface area is 153 Å². The summed E-state index contributed by atoms with van der Waals surface area (Å²) in [4.78, 5) is 12.5. The molecule has 1 aliphatic heterocycles. The molecule has 1 unspecified atom stereocenters. The van der Waals surface area contributed by atoms with Crippen molar-refractivity contribution in [2.24, 2.45) is 17.8 Å². The van der Waals surface area contributed by atoms with Gasteiger partial charge in [-0.2, -0.15) is 0 Å². The van der Waals surface area contributed by atoms with Gasteiger partial charge in [0.2, 0.25) is 0 Å². The number of ether oxygens (including phenoxy) is 3. The van der Waals surface area contributed by atoms with Crippen LogP contribution in [0.15, 0.2) is 42.7 Å². The van der Waals surface area contributed by atoms with E-state index in [0.29, 0.717) is 29.9 Å². The molecule has 4 nitrogen and oxygen atoms in total. The van der Waals surface area contributed by atoms with Crippen LogP contribution in [-0.2, 0) is 20.7 Å². The summed E-state index contributed by atoms with van der Waals surface area (Å²) in [7, 11) is 1.51. The number of rotatable bonds is 6. The normalized spacial score (nSPS) is 27.2. The van der Waals surface area contributed by atoms with Crippen LogP contribution in [0.5, 0.6) is 5.75 Å². The summed E-state index contributed by atoms with van der Waals surface area (Å²) in [5.41, 5.74) is -0.116. The first-order valence-corrected chi connectivity index (χ1v) is 8.89. The van der Waals surface area contributed by atoms with E-state index in [1.165, 1.54) is 13.2 Å². The van der Waals surface area contributed by atoms with Gasteiger partial charge in [0, 0.05) is 18.1 Å². The highest BCUT2D eigenvalue weighted by atomic mass is 19.1. The van der Waals surface area contributed by atoms with Crippen LogP contribution in [0.25, 0.3) is 0 Å². The molecule has 5 heteroatoms. The Morgan fingerprint density at radius 3 is 2.88 bits per heavy atom. The summed E-state index contributed by atoms with van der Waals surface area (Å²) < 4.78 is 31.1. The highest BCUT2D eigenvalue weighted by molar-refractivity contribution is 5.94. The molecule has 0 saturated carbocycles. The lowest BCUT2D eigenvalue weighted by Gasteiger charge is -2.39. The minimum atomic E-state index is -0.706. The van der Waals surface area contributed by atoms with Crippen molar-refractivity contribution >= 4 is 5.78 Å². The molecule has 1 aromatic rings. The first-order chi connectivity index (χ1) is 12.4. The maximum atomic E-state index is 14.4. The number of halogens is 1. The maximum Gasteiger partial charge on any atom is 0.189 e. The number of methoxy groups -OCH3 is 1. The van der Waals surface area contributed by atoms with Crippen LogP contribution in [0.3, 0.4) is 0 Å². The average molecular weight is 360 g/mol. The molecule has 1 aliphatic carbocycles. The fourth-order valence-corrected chi connectivity index (χ4v) is 3.89. The molecule has 0 bridgehead atoms. The smallest absolute Gasteiger partial charge is 0.189 e. The van der Waals surface area contributed by atoms with E-state index in [-0.39, 0.29) is 36.1 Å². The van der Waals surface area contributed by atoms with Gasteiger partial charge in [-0.1, -0.05) is 26.0 Å². The highest BCUT2D eigenvalue weighted by Gasteiger charge is 2.52. The number of carbonyl (C=O) groups excluding carboxylic acids is 1. The van der Waals surface area contributed by atoms with Crippen molar-refractivity contribution in [1.29, 1.82) is 0 Å². The van der Waals surface area contributed by atoms with Crippen LogP contribution in [0.2, 0.25) is 0 Å². The van der Waals surface area contributed by atoms with Gasteiger partial charge in [0.1, 0.15) is 22.9 Å². The fourth-order valence-electron chi connectivity index (χ4n) is 3.89. The third-order valence-corrected chi connectivity index (χ3v) is 5.70. The summed E-state index contributed by atoms with van der Waals surface area (Å²) in [6, 6.07) is 4.87.